The molecule has 0 saturated carbocycles. The maximum absolute atomic E-state index is 12.1. The standard InChI is InChI=1S/C14H15ClN2O2/c1-14(2)7-11(18)13(17-12(19)8-14)16-10-5-3-4-9(15)6-10/h3-6H,7-8H2,1-2H3,(H,16,17,19). The highest BCUT2D eigenvalue weighted by Gasteiger charge is 2.32. The van der Waals surface area contributed by atoms with Crippen molar-refractivity contribution in [3.63, 3.8) is 0 Å². The number of hydrogen-bond acceptors (Lipinski definition) is 3. The lowest BCUT2D eigenvalue weighted by Gasteiger charge is -2.18. The molecule has 4 nitrogen and oxygen atoms in total. The van der Waals surface area contributed by atoms with Crippen molar-refractivity contribution in [1.82, 2.24) is 5.32 Å². The van der Waals surface area contributed by atoms with Gasteiger partial charge in [-0.15, -0.1) is 0 Å². The van der Waals surface area contributed by atoms with E-state index in [2.05, 4.69) is 10.3 Å². The molecule has 0 radical (unpaired) electrons. The van der Waals surface area contributed by atoms with Crippen LogP contribution in [0.1, 0.15) is 26.7 Å². The average Bonchev–Trinajstić information content (AvgIpc) is 2.34. The number of ketones is 1. The van der Waals surface area contributed by atoms with E-state index in [1.54, 1.807) is 24.3 Å². The van der Waals surface area contributed by atoms with Crippen LogP contribution in [0.15, 0.2) is 29.3 Å². The highest BCUT2D eigenvalue weighted by molar-refractivity contribution is 6.42. The number of nitrogens with one attached hydrogen (secondary N) is 1. The third kappa shape index (κ3) is 3.64. The summed E-state index contributed by atoms with van der Waals surface area (Å²) in [6, 6.07) is 6.84. The summed E-state index contributed by atoms with van der Waals surface area (Å²) < 4.78 is 0. The summed E-state index contributed by atoms with van der Waals surface area (Å²) in [4.78, 5) is 28.0. The topological polar surface area (TPSA) is 58.5 Å². The molecule has 0 unspecified atom stereocenters. The molecular weight excluding hydrogens is 264 g/mol. The summed E-state index contributed by atoms with van der Waals surface area (Å²) in [5.41, 5.74) is 0.211. The Morgan fingerprint density at radius 3 is 2.68 bits per heavy atom. The minimum Gasteiger partial charge on any atom is -0.308 e. The lowest BCUT2D eigenvalue weighted by Crippen LogP contribution is -2.33. The lowest BCUT2D eigenvalue weighted by molar-refractivity contribution is -0.121. The Morgan fingerprint density at radius 1 is 1.26 bits per heavy atom. The van der Waals surface area contributed by atoms with Crippen LogP contribution in [0.4, 0.5) is 5.69 Å². The Balaban J connectivity index is 2.33. The third-order valence-electron chi connectivity index (χ3n) is 2.85. The Hall–Kier alpha value is -1.68. The molecule has 1 heterocycles. The molecule has 0 atom stereocenters. The normalized spacial score (nSPS) is 21.1. The predicted octanol–water partition coefficient (Wildman–Crippen LogP) is 2.88. The summed E-state index contributed by atoms with van der Waals surface area (Å²) in [6.07, 6.45) is 0.610. The first-order valence-corrected chi connectivity index (χ1v) is 6.41. The summed E-state index contributed by atoms with van der Waals surface area (Å²) in [5, 5.41) is 3.11. The van der Waals surface area contributed by atoms with Crippen molar-refractivity contribution < 1.29 is 9.59 Å². The first-order chi connectivity index (χ1) is 8.85. The highest BCUT2D eigenvalue weighted by atomic mass is 35.5. The zero-order chi connectivity index (χ0) is 14.0. The monoisotopic (exact) mass is 278 g/mol. The molecule has 0 aliphatic carbocycles. The smallest absolute Gasteiger partial charge is 0.226 e. The molecular formula is C14H15ClN2O2. The number of amidine groups is 1. The number of Topliss-reactive ketones (excluding diaryl/α,β-unsaturated/α-hetero) is 1. The van der Waals surface area contributed by atoms with Crippen LogP contribution in [0, 0.1) is 5.41 Å². The van der Waals surface area contributed by atoms with E-state index in [0.29, 0.717) is 23.6 Å². The SMILES string of the molecule is CC1(C)CC(=O)NC(=Nc2cccc(Cl)c2)C(=O)C1. The average molecular weight is 279 g/mol. The van der Waals surface area contributed by atoms with Crippen LogP contribution in [0.25, 0.3) is 0 Å². The minimum absolute atomic E-state index is 0.0952. The van der Waals surface area contributed by atoms with E-state index in [1.807, 2.05) is 13.8 Å². The molecule has 5 heteroatoms. The summed E-state index contributed by atoms with van der Waals surface area (Å²) >= 11 is 5.86. The van der Waals surface area contributed by atoms with E-state index in [4.69, 9.17) is 11.6 Å². The second-order valence-corrected chi connectivity index (χ2v) is 5.87. The number of aliphatic imine (C=N–C) groups is 1. The molecule has 1 N–H and O–H groups in total. The molecule has 0 aromatic heterocycles. The van der Waals surface area contributed by atoms with E-state index >= 15 is 0 Å². The van der Waals surface area contributed by atoms with Crippen molar-refractivity contribution in [3.8, 4) is 0 Å². The number of amides is 1. The van der Waals surface area contributed by atoms with Crippen molar-refractivity contribution >= 4 is 34.8 Å². The largest absolute Gasteiger partial charge is 0.308 e. The van der Waals surface area contributed by atoms with Crippen molar-refractivity contribution in [2.24, 2.45) is 10.4 Å². The van der Waals surface area contributed by atoms with E-state index in [9.17, 15) is 9.59 Å². The fraction of sp³-hybridized carbons (Fsp3) is 0.357. The van der Waals surface area contributed by atoms with Gasteiger partial charge >= 0.3 is 0 Å². The second-order valence-electron chi connectivity index (χ2n) is 5.43. The Kier molecular flexibility index (Phi) is 3.71. The van der Waals surface area contributed by atoms with Crippen LogP contribution in [-0.4, -0.2) is 17.5 Å². The van der Waals surface area contributed by atoms with Gasteiger partial charge in [-0.25, -0.2) is 4.99 Å². The van der Waals surface area contributed by atoms with Gasteiger partial charge in [0.25, 0.3) is 0 Å². The molecule has 1 saturated heterocycles. The number of carbonyl (C=O) groups excluding carboxylic acids is 2. The number of carbonyl (C=O) groups is 2. The molecule has 1 fully saturated rings. The van der Waals surface area contributed by atoms with Crippen LogP contribution < -0.4 is 5.32 Å². The van der Waals surface area contributed by atoms with Crippen LogP contribution in [0.5, 0.6) is 0 Å². The zero-order valence-electron chi connectivity index (χ0n) is 10.9. The molecule has 19 heavy (non-hydrogen) atoms. The fourth-order valence-electron chi connectivity index (χ4n) is 2.03. The van der Waals surface area contributed by atoms with Crippen molar-refractivity contribution in [1.29, 1.82) is 0 Å². The van der Waals surface area contributed by atoms with Gasteiger partial charge in [-0.1, -0.05) is 31.5 Å². The lowest BCUT2D eigenvalue weighted by atomic mass is 9.85. The number of hydrogen-bond donors (Lipinski definition) is 1. The second kappa shape index (κ2) is 5.13. The van der Waals surface area contributed by atoms with Gasteiger partial charge in [-0.2, -0.15) is 0 Å². The van der Waals surface area contributed by atoms with E-state index in [0.717, 1.165) is 0 Å². The van der Waals surface area contributed by atoms with Crippen LogP contribution >= 0.6 is 11.6 Å². The fourth-order valence-corrected chi connectivity index (χ4v) is 2.21. The van der Waals surface area contributed by atoms with Gasteiger partial charge in [0.1, 0.15) is 0 Å². The zero-order valence-corrected chi connectivity index (χ0v) is 11.6. The van der Waals surface area contributed by atoms with Gasteiger partial charge in [-0.05, 0) is 23.6 Å². The van der Waals surface area contributed by atoms with Gasteiger partial charge in [0.2, 0.25) is 5.91 Å². The highest BCUT2D eigenvalue weighted by Crippen LogP contribution is 2.28. The molecule has 0 spiro atoms. The molecule has 1 amide bonds. The number of rotatable bonds is 1. The van der Waals surface area contributed by atoms with Gasteiger partial charge in [0.15, 0.2) is 11.6 Å². The maximum atomic E-state index is 12.1. The van der Waals surface area contributed by atoms with Crippen molar-refractivity contribution in [2.45, 2.75) is 26.7 Å². The van der Waals surface area contributed by atoms with E-state index < -0.39 is 0 Å². The maximum Gasteiger partial charge on any atom is 0.226 e. The van der Waals surface area contributed by atoms with Crippen LogP contribution in [0.2, 0.25) is 5.02 Å². The molecule has 1 aromatic carbocycles. The first kappa shape index (κ1) is 13.7. The molecule has 1 aliphatic heterocycles. The summed E-state index contributed by atoms with van der Waals surface area (Å²) in [5.74, 6) is -0.245. The first-order valence-electron chi connectivity index (χ1n) is 6.03. The predicted molar refractivity (Wildman–Crippen MR) is 74.7 cm³/mol. The van der Waals surface area contributed by atoms with Crippen molar-refractivity contribution in [2.75, 3.05) is 0 Å². The van der Waals surface area contributed by atoms with Gasteiger partial charge in [-0.3, -0.25) is 9.59 Å². The number of benzene rings is 1. The molecule has 0 bridgehead atoms. The molecule has 100 valence electrons. The Morgan fingerprint density at radius 2 is 2.00 bits per heavy atom. The van der Waals surface area contributed by atoms with Crippen LogP contribution in [-0.2, 0) is 9.59 Å². The van der Waals surface area contributed by atoms with Crippen molar-refractivity contribution in [3.05, 3.63) is 29.3 Å². The Bertz CT molecular complexity index is 564. The van der Waals surface area contributed by atoms with Gasteiger partial charge in [0.05, 0.1) is 5.69 Å². The Labute approximate surface area is 116 Å². The molecule has 1 aliphatic rings. The van der Waals surface area contributed by atoms with E-state index in [-0.39, 0.29) is 22.9 Å². The quantitative estimate of drug-likeness (QED) is 0.859. The minimum atomic E-state index is -0.341. The summed E-state index contributed by atoms with van der Waals surface area (Å²) in [7, 11) is 0. The molecule has 2 rings (SSSR count). The number of nitrogens with zero attached hydrogens (tertiary/aromatic N) is 1. The molecule has 1 aromatic rings. The third-order valence-corrected chi connectivity index (χ3v) is 3.08. The van der Waals surface area contributed by atoms with Crippen LogP contribution in [0.3, 0.4) is 0 Å². The number of halogens is 1. The van der Waals surface area contributed by atoms with E-state index in [1.165, 1.54) is 0 Å². The summed E-state index contributed by atoms with van der Waals surface area (Å²) in [6.45, 7) is 3.79. The van der Waals surface area contributed by atoms with Gasteiger partial charge in [0, 0.05) is 17.9 Å². The van der Waals surface area contributed by atoms with Gasteiger partial charge < -0.3 is 5.32 Å².